The van der Waals surface area contributed by atoms with Crippen LogP contribution in [0.15, 0.2) is 36.4 Å². The summed E-state index contributed by atoms with van der Waals surface area (Å²) in [5.74, 6) is 1.50. The van der Waals surface area contributed by atoms with Crippen molar-refractivity contribution in [1.82, 2.24) is 0 Å². The molecule has 0 saturated carbocycles. The first-order chi connectivity index (χ1) is 12.6. The summed E-state index contributed by atoms with van der Waals surface area (Å²) in [7, 11) is 3.25. The van der Waals surface area contributed by atoms with Gasteiger partial charge in [-0.15, -0.1) is 0 Å². The van der Waals surface area contributed by atoms with Crippen molar-refractivity contribution in [2.45, 2.75) is 19.8 Å². The topological polar surface area (TPSA) is 59.0 Å². The number of hydrogen-bond acceptors (Lipinski definition) is 3. The van der Waals surface area contributed by atoms with Gasteiger partial charge in [-0.25, -0.2) is 4.79 Å². The smallest absolute Gasteiger partial charge is 0.411 e. The molecule has 1 N–H and O–H groups in total. The number of aryl methyl sites for hydroxylation is 1. The van der Waals surface area contributed by atoms with E-state index in [9.17, 15) is 9.90 Å². The minimum absolute atomic E-state index is 0.372. The second-order valence-electron chi connectivity index (χ2n) is 6.14. The molecular weight excluding hydrogens is 330 g/mol. The van der Waals surface area contributed by atoms with Gasteiger partial charge in [0.2, 0.25) is 0 Å². The number of carboxylic acid groups (broad SMARTS) is 1. The van der Waals surface area contributed by atoms with Gasteiger partial charge in [0.25, 0.3) is 0 Å². The fraction of sp³-hybridized carbons (Fsp3) is 0.286. The first-order valence-electron chi connectivity index (χ1n) is 8.63. The average molecular weight is 353 g/mol. The van der Waals surface area contributed by atoms with Crippen molar-refractivity contribution < 1.29 is 19.4 Å². The maximum atomic E-state index is 11.7. The Hall–Kier alpha value is -2.95. The minimum atomic E-state index is -0.969. The number of methoxy groups -OCH3 is 2. The molecule has 5 nitrogen and oxygen atoms in total. The molecule has 0 saturated heterocycles. The summed E-state index contributed by atoms with van der Waals surface area (Å²) in [6, 6.07) is 11.7. The van der Waals surface area contributed by atoms with Gasteiger partial charge in [-0.2, -0.15) is 0 Å². The number of ether oxygens (including phenoxy) is 2. The third kappa shape index (κ3) is 3.38. The largest absolute Gasteiger partial charge is 0.497 e. The highest BCUT2D eigenvalue weighted by Crippen LogP contribution is 2.38. The predicted octanol–water partition coefficient (Wildman–Crippen LogP) is 4.69. The molecular formula is C21H23NO4. The number of amides is 1. The van der Waals surface area contributed by atoms with E-state index in [1.54, 1.807) is 20.3 Å². The summed E-state index contributed by atoms with van der Waals surface area (Å²) < 4.78 is 10.6. The van der Waals surface area contributed by atoms with Crippen LogP contribution in [0.1, 0.15) is 30.0 Å². The van der Waals surface area contributed by atoms with Crippen LogP contribution >= 0.6 is 0 Å². The molecule has 1 aliphatic rings. The van der Waals surface area contributed by atoms with Crippen molar-refractivity contribution >= 4 is 23.4 Å². The molecule has 0 fully saturated rings. The van der Waals surface area contributed by atoms with Gasteiger partial charge in [-0.3, -0.25) is 4.90 Å². The molecule has 136 valence electrons. The molecule has 0 aliphatic heterocycles. The molecule has 0 unspecified atom stereocenters. The lowest BCUT2D eigenvalue weighted by molar-refractivity contribution is 0.202. The lowest BCUT2D eigenvalue weighted by Gasteiger charge is -2.24. The highest BCUT2D eigenvalue weighted by atomic mass is 16.5. The lowest BCUT2D eigenvalue weighted by atomic mass is 9.87. The summed E-state index contributed by atoms with van der Waals surface area (Å²) in [6.45, 7) is 2.20. The quantitative estimate of drug-likeness (QED) is 0.847. The SMILES string of the molecule is CCN(C(=O)O)c1cc(OC)ccc1C1=Cc2ccc(OC)cc2CC1. The van der Waals surface area contributed by atoms with Crippen molar-refractivity contribution in [2.24, 2.45) is 0 Å². The van der Waals surface area contributed by atoms with Crippen LogP contribution in [0.3, 0.4) is 0 Å². The first-order valence-corrected chi connectivity index (χ1v) is 8.63. The van der Waals surface area contributed by atoms with Crippen LogP contribution in [-0.4, -0.2) is 32.0 Å². The highest BCUT2D eigenvalue weighted by Gasteiger charge is 2.21. The highest BCUT2D eigenvalue weighted by molar-refractivity contribution is 5.95. The van der Waals surface area contributed by atoms with Gasteiger partial charge in [0.15, 0.2) is 0 Å². The number of carbonyl (C=O) groups is 1. The predicted molar refractivity (Wildman–Crippen MR) is 103 cm³/mol. The zero-order chi connectivity index (χ0) is 18.7. The molecule has 0 spiro atoms. The minimum Gasteiger partial charge on any atom is -0.497 e. The molecule has 26 heavy (non-hydrogen) atoms. The third-order valence-electron chi connectivity index (χ3n) is 4.73. The maximum Gasteiger partial charge on any atom is 0.411 e. The number of allylic oxidation sites excluding steroid dienone is 1. The lowest BCUT2D eigenvalue weighted by Crippen LogP contribution is -2.29. The second kappa shape index (κ2) is 7.52. The van der Waals surface area contributed by atoms with Crippen LogP contribution < -0.4 is 14.4 Å². The summed E-state index contributed by atoms with van der Waals surface area (Å²) in [6.07, 6.45) is 2.91. The molecule has 0 bridgehead atoms. The number of anilines is 1. The van der Waals surface area contributed by atoms with E-state index >= 15 is 0 Å². The van der Waals surface area contributed by atoms with E-state index in [1.165, 1.54) is 10.5 Å². The van der Waals surface area contributed by atoms with E-state index in [4.69, 9.17) is 9.47 Å². The Morgan fingerprint density at radius 3 is 2.42 bits per heavy atom. The van der Waals surface area contributed by atoms with Crippen LogP contribution in [-0.2, 0) is 6.42 Å². The van der Waals surface area contributed by atoms with Gasteiger partial charge in [0, 0.05) is 18.2 Å². The Bertz CT molecular complexity index is 857. The molecule has 5 heteroatoms. The van der Waals surface area contributed by atoms with Gasteiger partial charge < -0.3 is 14.6 Å². The van der Waals surface area contributed by atoms with Crippen LogP contribution in [0, 0.1) is 0 Å². The Morgan fingerprint density at radius 1 is 1.08 bits per heavy atom. The number of benzene rings is 2. The fourth-order valence-corrected chi connectivity index (χ4v) is 3.35. The number of fused-ring (bicyclic) bond motifs is 1. The van der Waals surface area contributed by atoms with Crippen molar-refractivity contribution in [1.29, 1.82) is 0 Å². The van der Waals surface area contributed by atoms with Crippen LogP contribution in [0.25, 0.3) is 11.6 Å². The summed E-state index contributed by atoms with van der Waals surface area (Å²) >= 11 is 0. The van der Waals surface area contributed by atoms with E-state index in [-0.39, 0.29) is 0 Å². The van der Waals surface area contributed by atoms with Crippen LogP contribution in [0.5, 0.6) is 11.5 Å². The molecule has 2 aromatic carbocycles. The van der Waals surface area contributed by atoms with Crippen molar-refractivity contribution in [3.63, 3.8) is 0 Å². The maximum absolute atomic E-state index is 11.7. The van der Waals surface area contributed by atoms with Gasteiger partial charge in [0.1, 0.15) is 11.5 Å². The van der Waals surface area contributed by atoms with E-state index in [2.05, 4.69) is 12.1 Å². The van der Waals surface area contributed by atoms with E-state index in [0.717, 1.165) is 35.3 Å². The van der Waals surface area contributed by atoms with E-state index in [1.807, 2.05) is 31.2 Å². The third-order valence-corrected chi connectivity index (χ3v) is 4.73. The van der Waals surface area contributed by atoms with Crippen LogP contribution in [0.4, 0.5) is 10.5 Å². The summed E-state index contributed by atoms with van der Waals surface area (Å²) in [5.41, 5.74) is 5.10. The molecule has 0 heterocycles. The van der Waals surface area contributed by atoms with E-state index in [0.29, 0.717) is 18.0 Å². The Balaban J connectivity index is 2.08. The van der Waals surface area contributed by atoms with Gasteiger partial charge >= 0.3 is 6.09 Å². The molecule has 1 aliphatic carbocycles. The van der Waals surface area contributed by atoms with Gasteiger partial charge in [0.05, 0.1) is 19.9 Å². The molecule has 0 radical (unpaired) electrons. The Labute approximate surface area is 153 Å². The van der Waals surface area contributed by atoms with Crippen LogP contribution in [0.2, 0.25) is 0 Å². The van der Waals surface area contributed by atoms with Gasteiger partial charge in [-0.1, -0.05) is 12.1 Å². The number of rotatable bonds is 5. The zero-order valence-corrected chi connectivity index (χ0v) is 15.3. The Morgan fingerprint density at radius 2 is 1.77 bits per heavy atom. The summed E-state index contributed by atoms with van der Waals surface area (Å²) in [5, 5.41) is 9.58. The van der Waals surface area contributed by atoms with E-state index < -0.39 is 6.09 Å². The summed E-state index contributed by atoms with van der Waals surface area (Å²) in [4.78, 5) is 13.0. The zero-order valence-electron chi connectivity index (χ0n) is 15.3. The number of hydrogen-bond donors (Lipinski definition) is 1. The fourth-order valence-electron chi connectivity index (χ4n) is 3.35. The first kappa shape index (κ1) is 17.9. The molecule has 0 aromatic heterocycles. The van der Waals surface area contributed by atoms with Gasteiger partial charge in [-0.05, 0) is 60.7 Å². The van der Waals surface area contributed by atoms with Crippen molar-refractivity contribution in [3.8, 4) is 11.5 Å². The number of nitrogens with zero attached hydrogens (tertiary/aromatic N) is 1. The molecule has 1 amide bonds. The Kier molecular flexibility index (Phi) is 5.16. The normalized spacial score (nSPS) is 12.8. The molecule has 2 aromatic rings. The van der Waals surface area contributed by atoms with Crippen molar-refractivity contribution in [3.05, 3.63) is 53.1 Å². The molecule has 3 rings (SSSR count). The standard InChI is InChI=1S/C21H23NO4/c1-4-22(21(23)24)20-13-18(26-3)9-10-19(20)16-6-5-15-12-17(25-2)8-7-14(15)11-16/h7-13H,4-6H2,1-3H3,(H,23,24). The van der Waals surface area contributed by atoms with Crippen molar-refractivity contribution in [2.75, 3.05) is 25.7 Å². The second-order valence-corrected chi connectivity index (χ2v) is 6.14. The monoisotopic (exact) mass is 353 g/mol. The molecule has 0 atom stereocenters. The average Bonchev–Trinajstić information content (AvgIpc) is 2.67.